The number of aromatic nitrogens is 4. The average Bonchev–Trinajstić information content (AvgIpc) is 2.95. The van der Waals surface area contributed by atoms with Crippen molar-refractivity contribution in [2.75, 3.05) is 5.75 Å². The average molecular weight is 292 g/mol. The molecule has 0 amide bonds. The summed E-state index contributed by atoms with van der Waals surface area (Å²) in [6.45, 7) is 2.04. The van der Waals surface area contributed by atoms with Crippen LogP contribution in [0.3, 0.4) is 0 Å². The smallest absolute Gasteiger partial charge is 0.220 e. The first kappa shape index (κ1) is 14.4. The molecule has 0 saturated carbocycles. The van der Waals surface area contributed by atoms with E-state index in [2.05, 4.69) is 15.5 Å². The Kier molecular flexibility index (Phi) is 4.62. The number of unbranched alkanes of at least 4 members (excludes halogenated alkanes) is 1. The van der Waals surface area contributed by atoms with Gasteiger partial charge in [-0.05, 0) is 29.0 Å². The van der Waals surface area contributed by atoms with E-state index in [1.165, 1.54) is 4.68 Å². The molecule has 0 unspecified atom stereocenters. The number of para-hydroxylation sites is 1. The third-order valence-corrected chi connectivity index (χ3v) is 4.10. The molecule has 106 valence electrons. The Morgan fingerprint density at radius 3 is 2.65 bits per heavy atom. The van der Waals surface area contributed by atoms with E-state index in [1.54, 1.807) is 30.3 Å². The molecule has 1 heterocycles. The molecule has 0 aliphatic heterocycles. The summed E-state index contributed by atoms with van der Waals surface area (Å²) in [5.74, 6) is -0.0970. The zero-order valence-corrected chi connectivity index (χ0v) is 12.0. The van der Waals surface area contributed by atoms with Gasteiger partial charge in [-0.25, -0.2) is 8.42 Å². The van der Waals surface area contributed by atoms with Crippen molar-refractivity contribution in [1.29, 1.82) is 0 Å². The monoisotopic (exact) mass is 292 g/mol. The van der Waals surface area contributed by atoms with Gasteiger partial charge in [-0.2, -0.15) is 4.68 Å². The highest BCUT2D eigenvalue weighted by molar-refractivity contribution is 7.91. The molecule has 20 heavy (non-hydrogen) atoms. The fraction of sp³-hybridized carbons (Fsp3) is 0.308. The van der Waals surface area contributed by atoms with Crippen molar-refractivity contribution < 1.29 is 8.42 Å². The number of allylic oxidation sites excluding steroid dienone is 1. The fourth-order valence-electron chi connectivity index (χ4n) is 1.66. The number of hydrogen-bond acceptors (Lipinski definition) is 5. The van der Waals surface area contributed by atoms with Gasteiger partial charge in [0.05, 0.1) is 11.4 Å². The van der Waals surface area contributed by atoms with Crippen LogP contribution in [-0.4, -0.2) is 34.4 Å². The van der Waals surface area contributed by atoms with Crippen LogP contribution in [0, 0.1) is 0 Å². The maximum absolute atomic E-state index is 12.2. The number of nitrogens with zero attached hydrogens (tertiary/aromatic N) is 4. The van der Waals surface area contributed by atoms with Crippen LogP contribution >= 0.6 is 0 Å². The molecule has 0 aliphatic rings. The molecular formula is C13H16N4O2S. The molecule has 0 bridgehead atoms. The maximum Gasteiger partial charge on any atom is 0.272 e. The summed E-state index contributed by atoms with van der Waals surface area (Å²) < 4.78 is 25.7. The second-order valence-corrected chi connectivity index (χ2v) is 6.18. The van der Waals surface area contributed by atoms with Crippen molar-refractivity contribution in [3.05, 3.63) is 42.5 Å². The van der Waals surface area contributed by atoms with Crippen LogP contribution in [0.25, 0.3) is 5.69 Å². The van der Waals surface area contributed by atoms with E-state index in [-0.39, 0.29) is 10.9 Å². The Morgan fingerprint density at radius 2 is 1.95 bits per heavy atom. The lowest BCUT2D eigenvalue weighted by atomic mass is 10.3. The van der Waals surface area contributed by atoms with Crippen LogP contribution in [0.15, 0.2) is 47.6 Å². The van der Waals surface area contributed by atoms with Crippen molar-refractivity contribution in [2.45, 2.75) is 24.9 Å². The van der Waals surface area contributed by atoms with Crippen molar-refractivity contribution in [1.82, 2.24) is 20.2 Å². The highest BCUT2D eigenvalue weighted by Crippen LogP contribution is 2.13. The SMILES string of the molecule is CCC/C=C/CS(=O)(=O)c1nnnn1-c1ccccc1. The minimum Gasteiger partial charge on any atom is -0.220 e. The van der Waals surface area contributed by atoms with Gasteiger partial charge in [-0.1, -0.05) is 48.8 Å². The van der Waals surface area contributed by atoms with E-state index in [1.807, 2.05) is 19.1 Å². The summed E-state index contributed by atoms with van der Waals surface area (Å²) in [7, 11) is -3.54. The first-order valence-corrected chi connectivity index (χ1v) is 8.02. The van der Waals surface area contributed by atoms with Gasteiger partial charge in [0, 0.05) is 0 Å². The van der Waals surface area contributed by atoms with Gasteiger partial charge >= 0.3 is 0 Å². The normalized spacial score (nSPS) is 12.1. The Bertz CT molecular complexity index is 677. The van der Waals surface area contributed by atoms with E-state index in [9.17, 15) is 8.42 Å². The van der Waals surface area contributed by atoms with E-state index in [0.717, 1.165) is 12.8 Å². The molecule has 6 nitrogen and oxygen atoms in total. The Morgan fingerprint density at radius 1 is 1.20 bits per heavy atom. The largest absolute Gasteiger partial charge is 0.272 e. The van der Waals surface area contributed by atoms with Crippen molar-refractivity contribution in [3.8, 4) is 5.69 Å². The Balaban J connectivity index is 2.28. The standard InChI is InChI=1S/C13H16N4O2S/c1-2-3-4-8-11-20(18,19)13-14-15-16-17(13)12-9-6-5-7-10-12/h4-10H,2-3,11H2,1H3/b8-4+. The van der Waals surface area contributed by atoms with Gasteiger partial charge in [-0.3, -0.25) is 0 Å². The molecular weight excluding hydrogens is 276 g/mol. The lowest BCUT2D eigenvalue weighted by Crippen LogP contribution is -2.13. The van der Waals surface area contributed by atoms with Crippen LogP contribution in [0.4, 0.5) is 0 Å². The molecule has 2 aromatic rings. The fourth-order valence-corrected chi connectivity index (χ4v) is 2.76. The number of tetrazole rings is 1. The molecule has 0 radical (unpaired) electrons. The summed E-state index contributed by atoms with van der Waals surface area (Å²) >= 11 is 0. The molecule has 1 aromatic carbocycles. The summed E-state index contributed by atoms with van der Waals surface area (Å²) in [6.07, 6.45) is 5.34. The molecule has 7 heteroatoms. The lowest BCUT2D eigenvalue weighted by Gasteiger charge is -2.03. The number of benzene rings is 1. The molecule has 0 fully saturated rings. The third kappa shape index (κ3) is 3.30. The summed E-state index contributed by atoms with van der Waals surface area (Å²) in [6, 6.07) is 8.95. The molecule has 0 N–H and O–H groups in total. The van der Waals surface area contributed by atoms with E-state index in [4.69, 9.17) is 0 Å². The highest BCUT2D eigenvalue weighted by atomic mass is 32.2. The molecule has 0 spiro atoms. The van der Waals surface area contributed by atoms with Crippen molar-refractivity contribution >= 4 is 9.84 Å². The first-order chi connectivity index (χ1) is 9.65. The van der Waals surface area contributed by atoms with Gasteiger partial charge in [0.25, 0.3) is 5.16 Å². The van der Waals surface area contributed by atoms with Gasteiger partial charge in [0.1, 0.15) is 0 Å². The summed E-state index contributed by atoms with van der Waals surface area (Å²) in [4.78, 5) is 0. The molecule has 0 aliphatic carbocycles. The predicted octanol–water partition coefficient (Wildman–Crippen LogP) is 1.79. The second kappa shape index (κ2) is 6.42. The molecule has 0 saturated heterocycles. The van der Waals surface area contributed by atoms with E-state index in [0.29, 0.717) is 5.69 Å². The second-order valence-electron chi connectivity index (χ2n) is 4.25. The van der Waals surface area contributed by atoms with Gasteiger partial charge < -0.3 is 0 Å². The zero-order chi connectivity index (χ0) is 14.4. The zero-order valence-electron chi connectivity index (χ0n) is 11.2. The van der Waals surface area contributed by atoms with Crippen LogP contribution in [0.2, 0.25) is 0 Å². The minimum absolute atomic E-state index is 0.0970. The molecule has 0 atom stereocenters. The Hall–Kier alpha value is -2.02. The molecule has 1 aromatic heterocycles. The van der Waals surface area contributed by atoms with Crippen LogP contribution in [0.5, 0.6) is 0 Å². The minimum atomic E-state index is -3.54. The van der Waals surface area contributed by atoms with Gasteiger partial charge in [0.15, 0.2) is 0 Å². The predicted molar refractivity (Wildman–Crippen MR) is 75.3 cm³/mol. The van der Waals surface area contributed by atoms with E-state index < -0.39 is 9.84 Å². The lowest BCUT2D eigenvalue weighted by molar-refractivity contribution is 0.583. The molecule has 2 rings (SSSR count). The van der Waals surface area contributed by atoms with Crippen molar-refractivity contribution in [3.63, 3.8) is 0 Å². The quantitative estimate of drug-likeness (QED) is 0.759. The number of rotatable bonds is 6. The van der Waals surface area contributed by atoms with E-state index >= 15 is 0 Å². The van der Waals surface area contributed by atoms with Gasteiger partial charge in [0.2, 0.25) is 9.84 Å². The summed E-state index contributed by atoms with van der Waals surface area (Å²) in [5.41, 5.74) is 0.619. The topological polar surface area (TPSA) is 77.7 Å². The number of hydrogen-bond donors (Lipinski definition) is 0. The maximum atomic E-state index is 12.2. The summed E-state index contributed by atoms with van der Waals surface area (Å²) in [5, 5.41) is 10.7. The van der Waals surface area contributed by atoms with Crippen molar-refractivity contribution in [2.24, 2.45) is 0 Å². The van der Waals surface area contributed by atoms with Crippen LogP contribution in [-0.2, 0) is 9.84 Å². The Labute approximate surface area is 118 Å². The number of sulfone groups is 1. The third-order valence-electron chi connectivity index (χ3n) is 2.66. The first-order valence-electron chi connectivity index (χ1n) is 6.36. The highest BCUT2D eigenvalue weighted by Gasteiger charge is 2.22. The van der Waals surface area contributed by atoms with Crippen LogP contribution in [0.1, 0.15) is 19.8 Å². The van der Waals surface area contributed by atoms with Gasteiger partial charge in [-0.15, -0.1) is 0 Å². The van der Waals surface area contributed by atoms with Crippen LogP contribution < -0.4 is 0 Å².